The van der Waals surface area contributed by atoms with Crippen molar-refractivity contribution in [2.45, 2.75) is 20.8 Å². The monoisotopic (exact) mass is 333 g/mol. The molecule has 1 aromatic rings. The zero-order valence-corrected chi connectivity index (χ0v) is 14.2. The fraction of sp³-hybridized carbons (Fsp3) is 0.467. The van der Waals surface area contributed by atoms with E-state index < -0.39 is 0 Å². The molecule has 122 valence electrons. The highest BCUT2D eigenvalue weighted by molar-refractivity contribution is 7.15. The van der Waals surface area contributed by atoms with Gasteiger partial charge in [-0.3, -0.25) is 9.59 Å². The lowest BCUT2D eigenvalue weighted by Crippen LogP contribution is -2.50. The lowest BCUT2D eigenvalue weighted by atomic mass is 10.2. The van der Waals surface area contributed by atoms with Gasteiger partial charge in [0.1, 0.15) is 11.6 Å². The van der Waals surface area contributed by atoms with Crippen LogP contribution in [-0.2, 0) is 9.59 Å². The van der Waals surface area contributed by atoms with Gasteiger partial charge in [-0.25, -0.2) is 4.98 Å². The van der Waals surface area contributed by atoms with Crippen molar-refractivity contribution in [3.05, 3.63) is 22.3 Å². The van der Waals surface area contributed by atoms with Gasteiger partial charge in [-0.2, -0.15) is 5.26 Å². The minimum absolute atomic E-state index is 0.00400. The quantitative estimate of drug-likeness (QED) is 0.664. The average Bonchev–Trinajstić information content (AvgIpc) is 2.86. The Kier molecular flexibility index (Phi) is 5.34. The second-order valence-corrected chi connectivity index (χ2v) is 6.48. The fourth-order valence-electron chi connectivity index (χ4n) is 2.20. The van der Waals surface area contributed by atoms with Gasteiger partial charge in [-0.15, -0.1) is 11.3 Å². The number of nitriles is 1. The molecule has 1 fully saturated rings. The lowest BCUT2D eigenvalue weighted by Gasteiger charge is -2.34. The third-order valence-electron chi connectivity index (χ3n) is 3.73. The first kappa shape index (κ1) is 17.0. The van der Waals surface area contributed by atoms with Crippen LogP contribution in [0, 0.1) is 25.2 Å². The number of nitrogens with zero attached hydrogens (tertiary/aromatic N) is 4. The largest absolute Gasteiger partial charge is 0.339 e. The van der Waals surface area contributed by atoms with Crippen LogP contribution < -0.4 is 5.32 Å². The predicted octanol–water partition coefficient (Wildman–Crippen LogP) is 1.27. The molecule has 0 atom stereocenters. The Balaban J connectivity index is 2.00. The van der Waals surface area contributed by atoms with Crippen LogP contribution in [0.5, 0.6) is 0 Å². The highest BCUT2D eigenvalue weighted by Gasteiger charge is 2.24. The molecule has 8 heteroatoms. The molecule has 0 bridgehead atoms. The van der Waals surface area contributed by atoms with E-state index in [0.717, 1.165) is 10.6 Å². The van der Waals surface area contributed by atoms with Gasteiger partial charge in [0.25, 0.3) is 5.91 Å². The maximum Gasteiger partial charge on any atom is 0.266 e. The summed E-state index contributed by atoms with van der Waals surface area (Å²) in [6, 6.07) is 1.93. The number of anilines is 1. The number of nitrogens with one attached hydrogen (secondary N) is 1. The van der Waals surface area contributed by atoms with E-state index in [1.165, 1.54) is 24.5 Å². The Labute approximate surface area is 139 Å². The molecule has 1 aromatic heterocycles. The Morgan fingerprint density at radius 2 is 1.87 bits per heavy atom. The number of aryl methyl sites for hydroxylation is 2. The first-order valence-corrected chi connectivity index (χ1v) is 8.09. The molecule has 1 aliphatic heterocycles. The van der Waals surface area contributed by atoms with Crippen molar-refractivity contribution in [1.29, 1.82) is 5.26 Å². The van der Waals surface area contributed by atoms with Gasteiger partial charge >= 0.3 is 0 Å². The topological polar surface area (TPSA) is 89.3 Å². The van der Waals surface area contributed by atoms with E-state index in [2.05, 4.69) is 10.3 Å². The van der Waals surface area contributed by atoms with Gasteiger partial charge in [0, 0.05) is 44.2 Å². The second-order valence-electron chi connectivity index (χ2n) is 5.27. The van der Waals surface area contributed by atoms with Crippen LogP contribution >= 0.6 is 11.3 Å². The molecule has 23 heavy (non-hydrogen) atoms. The minimum Gasteiger partial charge on any atom is -0.339 e. The van der Waals surface area contributed by atoms with Gasteiger partial charge < -0.3 is 15.1 Å². The highest BCUT2D eigenvalue weighted by Crippen LogP contribution is 2.21. The lowest BCUT2D eigenvalue weighted by molar-refractivity contribution is -0.136. The molecule has 1 saturated heterocycles. The van der Waals surface area contributed by atoms with Crippen LogP contribution in [0.2, 0.25) is 0 Å². The van der Waals surface area contributed by atoms with Crippen LogP contribution in [-0.4, -0.2) is 52.8 Å². The minimum atomic E-state index is -0.326. The molecule has 0 spiro atoms. The van der Waals surface area contributed by atoms with Gasteiger partial charge in [0.2, 0.25) is 5.91 Å². The van der Waals surface area contributed by atoms with E-state index in [1.807, 2.05) is 19.9 Å². The number of thiazole rings is 1. The molecule has 7 nitrogen and oxygen atoms in total. The van der Waals surface area contributed by atoms with Crippen molar-refractivity contribution in [3.63, 3.8) is 0 Å². The van der Waals surface area contributed by atoms with Crippen LogP contribution in [0.1, 0.15) is 17.5 Å². The molecular formula is C15H19N5O2S. The van der Waals surface area contributed by atoms with Crippen molar-refractivity contribution in [1.82, 2.24) is 14.8 Å². The molecule has 2 amide bonds. The van der Waals surface area contributed by atoms with E-state index in [9.17, 15) is 14.9 Å². The summed E-state index contributed by atoms with van der Waals surface area (Å²) in [6.07, 6.45) is 1.40. The third-order valence-corrected chi connectivity index (χ3v) is 4.74. The number of carbonyl (C=O) groups excluding carboxylic acids is 2. The highest BCUT2D eigenvalue weighted by atomic mass is 32.1. The SMILES string of the molecule is CC(=O)N1CCN(C(=O)/C(C#N)=C\Nc2nc(C)c(C)s2)CC1. The third kappa shape index (κ3) is 4.07. The summed E-state index contributed by atoms with van der Waals surface area (Å²) in [5, 5.41) is 12.8. The summed E-state index contributed by atoms with van der Waals surface area (Å²) < 4.78 is 0. The number of piperazine rings is 1. The van der Waals surface area contributed by atoms with E-state index in [-0.39, 0.29) is 17.4 Å². The molecule has 2 rings (SSSR count). The van der Waals surface area contributed by atoms with Gasteiger partial charge in [-0.1, -0.05) is 0 Å². The Hall–Kier alpha value is -2.40. The second kappa shape index (κ2) is 7.24. The number of amides is 2. The van der Waals surface area contributed by atoms with Gasteiger partial charge in [-0.05, 0) is 13.8 Å². The van der Waals surface area contributed by atoms with Gasteiger partial charge in [0.15, 0.2) is 5.13 Å². The number of carbonyl (C=O) groups is 2. The zero-order chi connectivity index (χ0) is 17.0. The van der Waals surface area contributed by atoms with Crippen molar-refractivity contribution in [2.75, 3.05) is 31.5 Å². The van der Waals surface area contributed by atoms with Crippen molar-refractivity contribution < 1.29 is 9.59 Å². The predicted molar refractivity (Wildman–Crippen MR) is 87.7 cm³/mol. The molecule has 0 aromatic carbocycles. The molecule has 0 aliphatic carbocycles. The standard InChI is InChI=1S/C15H19N5O2S/c1-10-11(2)23-15(18-10)17-9-13(8-16)14(22)20-6-4-19(5-7-20)12(3)21/h9H,4-7H2,1-3H3,(H,17,18)/b13-9-. The van der Waals surface area contributed by atoms with E-state index in [1.54, 1.807) is 9.80 Å². The number of aromatic nitrogens is 1. The molecule has 0 saturated carbocycles. The smallest absolute Gasteiger partial charge is 0.266 e. The van der Waals surface area contributed by atoms with Crippen LogP contribution in [0.25, 0.3) is 0 Å². The number of rotatable bonds is 3. The maximum atomic E-state index is 12.4. The van der Waals surface area contributed by atoms with E-state index in [4.69, 9.17) is 0 Å². The zero-order valence-electron chi connectivity index (χ0n) is 13.4. The summed E-state index contributed by atoms with van der Waals surface area (Å²) >= 11 is 1.47. The first-order chi connectivity index (χ1) is 10.9. The van der Waals surface area contributed by atoms with Crippen molar-refractivity contribution in [3.8, 4) is 6.07 Å². The number of hydrogen-bond donors (Lipinski definition) is 1. The van der Waals surface area contributed by atoms with Gasteiger partial charge in [0.05, 0.1) is 5.69 Å². The van der Waals surface area contributed by atoms with Crippen LogP contribution in [0.15, 0.2) is 11.8 Å². The Morgan fingerprint density at radius 1 is 1.26 bits per heavy atom. The first-order valence-electron chi connectivity index (χ1n) is 7.28. The Morgan fingerprint density at radius 3 is 2.35 bits per heavy atom. The average molecular weight is 333 g/mol. The fourth-order valence-corrected chi connectivity index (χ4v) is 2.99. The van der Waals surface area contributed by atoms with E-state index >= 15 is 0 Å². The number of hydrogen-bond acceptors (Lipinski definition) is 6. The maximum absolute atomic E-state index is 12.4. The van der Waals surface area contributed by atoms with Crippen molar-refractivity contribution in [2.24, 2.45) is 0 Å². The normalized spacial score (nSPS) is 15.3. The molecule has 1 N–H and O–H groups in total. The molecule has 0 unspecified atom stereocenters. The molecule has 0 radical (unpaired) electrons. The molecule has 1 aliphatic rings. The van der Waals surface area contributed by atoms with Crippen LogP contribution in [0.3, 0.4) is 0 Å². The summed E-state index contributed by atoms with van der Waals surface area (Å²) in [7, 11) is 0. The molecular weight excluding hydrogens is 314 g/mol. The van der Waals surface area contributed by atoms with Crippen molar-refractivity contribution >= 4 is 28.3 Å². The van der Waals surface area contributed by atoms with E-state index in [0.29, 0.717) is 31.3 Å². The molecule has 2 heterocycles. The Bertz CT molecular complexity index is 661. The summed E-state index contributed by atoms with van der Waals surface area (Å²) in [5.41, 5.74) is 0.961. The summed E-state index contributed by atoms with van der Waals surface area (Å²) in [5.74, 6) is -0.322. The van der Waals surface area contributed by atoms with Crippen LogP contribution in [0.4, 0.5) is 5.13 Å². The summed E-state index contributed by atoms with van der Waals surface area (Å²) in [4.78, 5) is 32.3. The summed E-state index contributed by atoms with van der Waals surface area (Å²) in [6.45, 7) is 7.26.